The molecule has 0 saturated carbocycles. The van der Waals surface area contributed by atoms with E-state index in [0.29, 0.717) is 12.3 Å². The first-order valence-electron chi connectivity index (χ1n) is 6.41. The molecule has 18 heavy (non-hydrogen) atoms. The summed E-state index contributed by atoms with van der Waals surface area (Å²) >= 11 is 0. The van der Waals surface area contributed by atoms with Crippen molar-refractivity contribution in [2.45, 2.75) is 25.7 Å². The topological polar surface area (TPSA) is 26.3 Å². The van der Waals surface area contributed by atoms with Crippen molar-refractivity contribution >= 4 is 5.97 Å². The number of esters is 1. The molecule has 2 atom stereocenters. The van der Waals surface area contributed by atoms with Crippen molar-refractivity contribution in [3.05, 3.63) is 59.4 Å². The number of hydrogen-bond acceptors (Lipinski definition) is 2. The minimum Gasteiger partial charge on any atom is -0.427 e. The van der Waals surface area contributed by atoms with Crippen LogP contribution < -0.4 is 0 Å². The van der Waals surface area contributed by atoms with E-state index in [1.807, 2.05) is 24.3 Å². The molecule has 1 aliphatic carbocycles. The highest BCUT2D eigenvalue weighted by Crippen LogP contribution is 2.40. The molecule has 1 aromatic rings. The molecular formula is C16H16O2. The summed E-state index contributed by atoms with van der Waals surface area (Å²) in [6.07, 6.45) is 5.51. The molecule has 2 nitrogen and oxygen atoms in total. The van der Waals surface area contributed by atoms with Crippen molar-refractivity contribution in [1.82, 2.24) is 0 Å². The molecule has 1 aliphatic heterocycles. The molecule has 0 fully saturated rings. The molecule has 0 amide bonds. The van der Waals surface area contributed by atoms with Crippen molar-refractivity contribution in [3.63, 3.8) is 0 Å². The van der Waals surface area contributed by atoms with Crippen LogP contribution in [0.1, 0.15) is 31.2 Å². The van der Waals surface area contributed by atoms with Gasteiger partial charge < -0.3 is 4.74 Å². The fourth-order valence-corrected chi connectivity index (χ4v) is 2.75. The molecule has 0 N–H and O–H groups in total. The summed E-state index contributed by atoms with van der Waals surface area (Å²) in [4.78, 5) is 11.7. The van der Waals surface area contributed by atoms with Gasteiger partial charge in [0.1, 0.15) is 5.76 Å². The fraction of sp³-hybridized carbons (Fsp3) is 0.312. The molecule has 1 aromatic carbocycles. The summed E-state index contributed by atoms with van der Waals surface area (Å²) in [6, 6.07) is 10.2. The fourth-order valence-electron chi connectivity index (χ4n) is 2.75. The number of carbonyl (C=O) groups excluding carboxylic acids is 1. The minimum atomic E-state index is -0.123. The summed E-state index contributed by atoms with van der Waals surface area (Å²) < 4.78 is 5.34. The van der Waals surface area contributed by atoms with Gasteiger partial charge in [-0.05, 0) is 29.6 Å². The van der Waals surface area contributed by atoms with Crippen LogP contribution in [0.3, 0.4) is 0 Å². The zero-order chi connectivity index (χ0) is 12.5. The summed E-state index contributed by atoms with van der Waals surface area (Å²) in [5.41, 5.74) is 2.49. The summed E-state index contributed by atoms with van der Waals surface area (Å²) in [7, 11) is 0. The van der Waals surface area contributed by atoms with Crippen molar-refractivity contribution in [2.24, 2.45) is 5.92 Å². The van der Waals surface area contributed by atoms with Crippen LogP contribution >= 0.6 is 0 Å². The highest BCUT2D eigenvalue weighted by molar-refractivity contribution is 5.75. The quantitative estimate of drug-likeness (QED) is 0.701. The minimum absolute atomic E-state index is 0.123. The zero-order valence-electron chi connectivity index (χ0n) is 10.4. The van der Waals surface area contributed by atoms with E-state index in [4.69, 9.17) is 4.74 Å². The van der Waals surface area contributed by atoms with Gasteiger partial charge in [0, 0.05) is 5.92 Å². The normalized spacial score (nSPS) is 26.8. The van der Waals surface area contributed by atoms with Gasteiger partial charge in [0.2, 0.25) is 0 Å². The highest BCUT2D eigenvalue weighted by Gasteiger charge is 2.31. The third kappa shape index (κ3) is 1.99. The second-order valence-electron chi connectivity index (χ2n) is 5.07. The molecule has 3 rings (SSSR count). The third-order valence-electron chi connectivity index (χ3n) is 3.65. The maximum atomic E-state index is 11.7. The molecule has 0 bridgehead atoms. The predicted molar refractivity (Wildman–Crippen MR) is 69.8 cm³/mol. The summed E-state index contributed by atoms with van der Waals surface area (Å²) in [6.45, 7) is 2.19. The standard InChI is InChI=1S/C16H16O2/c1-11-7-8-15-14(9-11)13(10-16(17)18-15)12-5-3-2-4-6-12/h2-8,11,13H,9-10H2,1H3. The van der Waals surface area contributed by atoms with Crippen LogP contribution in [0.15, 0.2) is 53.8 Å². The van der Waals surface area contributed by atoms with E-state index >= 15 is 0 Å². The van der Waals surface area contributed by atoms with Crippen LogP contribution in [-0.2, 0) is 9.53 Å². The van der Waals surface area contributed by atoms with Crippen LogP contribution in [0.4, 0.5) is 0 Å². The smallest absolute Gasteiger partial charge is 0.312 e. The lowest BCUT2D eigenvalue weighted by Crippen LogP contribution is -2.22. The lowest BCUT2D eigenvalue weighted by molar-refractivity contribution is -0.140. The van der Waals surface area contributed by atoms with Gasteiger partial charge in [-0.15, -0.1) is 0 Å². The Hall–Kier alpha value is -1.83. The van der Waals surface area contributed by atoms with Crippen LogP contribution in [0.5, 0.6) is 0 Å². The Balaban J connectivity index is 2.03. The number of benzene rings is 1. The lowest BCUT2D eigenvalue weighted by atomic mass is 9.79. The van der Waals surface area contributed by atoms with E-state index in [-0.39, 0.29) is 11.9 Å². The van der Waals surface area contributed by atoms with Crippen LogP contribution in [-0.4, -0.2) is 5.97 Å². The number of hydrogen-bond donors (Lipinski definition) is 0. The number of ether oxygens (including phenoxy) is 1. The van der Waals surface area contributed by atoms with Crippen molar-refractivity contribution < 1.29 is 9.53 Å². The van der Waals surface area contributed by atoms with E-state index < -0.39 is 0 Å². The van der Waals surface area contributed by atoms with E-state index in [0.717, 1.165) is 12.2 Å². The van der Waals surface area contributed by atoms with Crippen LogP contribution in [0.2, 0.25) is 0 Å². The van der Waals surface area contributed by atoms with Crippen molar-refractivity contribution in [2.75, 3.05) is 0 Å². The molecule has 2 unspecified atom stereocenters. The molecule has 1 heterocycles. The first-order chi connectivity index (χ1) is 8.74. The van der Waals surface area contributed by atoms with Crippen LogP contribution in [0.25, 0.3) is 0 Å². The van der Waals surface area contributed by atoms with E-state index in [1.165, 1.54) is 11.1 Å². The molecule has 2 heteroatoms. The number of carbonyl (C=O) groups is 1. The largest absolute Gasteiger partial charge is 0.427 e. The van der Waals surface area contributed by atoms with Crippen molar-refractivity contribution in [3.8, 4) is 0 Å². The van der Waals surface area contributed by atoms with Gasteiger partial charge >= 0.3 is 5.97 Å². The van der Waals surface area contributed by atoms with Gasteiger partial charge in [0.15, 0.2) is 0 Å². The molecule has 0 spiro atoms. The second kappa shape index (κ2) is 4.45. The van der Waals surface area contributed by atoms with E-state index in [1.54, 1.807) is 0 Å². The third-order valence-corrected chi connectivity index (χ3v) is 3.65. The first kappa shape index (κ1) is 11.3. The summed E-state index contributed by atoms with van der Waals surface area (Å²) in [5.74, 6) is 1.36. The zero-order valence-corrected chi connectivity index (χ0v) is 10.4. The Bertz CT molecular complexity index is 525. The molecule has 0 saturated heterocycles. The van der Waals surface area contributed by atoms with Gasteiger partial charge in [0.05, 0.1) is 6.42 Å². The lowest BCUT2D eigenvalue weighted by Gasteiger charge is -2.30. The highest BCUT2D eigenvalue weighted by atomic mass is 16.5. The number of allylic oxidation sites excluding steroid dienone is 3. The Morgan fingerprint density at radius 2 is 1.94 bits per heavy atom. The Kier molecular flexibility index (Phi) is 2.78. The first-order valence-corrected chi connectivity index (χ1v) is 6.41. The molecule has 92 valence electrons. The maximum Gasteiger partial charge on any atom is 0.312 e. The van der Waals surface area contributed by atoms with Gasteiger partial charge in [0.25, 0.3) is 0 Å². The van der Waals surface area contributed by atoms with Gasteiger partial charge in [-0.25, -0.2) is 0 Å². The van der Waals surface area contributed by atoms with Gasteiger partial charge in [-0.1, -0.05) is 43.3 Å². The maximum absolute atomic E-state index is 11.7. The van der Waals surface area contributed by atoms with E-state index in [9.17, 15) is 4.79 Å². The molecular weight excluding hydrogens is 224 g/mol. The molecule has 2 aliphatic rings. The Morgan fingerprint density at radius 3 is 2.72 bits per heavy atom. The average molecular weight is 240 g/mol. The predicted octanol–water partition coefficient (Wildman–Crippen LogP) is 3.57. The monoisotopic (exact) mass is 240 g/mol. The molecule has 0 radical (unpaired) electrons. The van der Waals surface area contributed by atoms with E-state index in [2.05, 4.69) is 25.1 Å². The number of rotatable bonds is 1. The Morgan fingerprint density at radius 1 is 1.17 bits per heavy atom. The van der Waals surface area contributed by atoms with Gasteiger partial charge in [-0.3, -0.25) is 4.79 Å². The SMILES string of the molecule is CC1C=CC2=C(C1)C(c1ccccc1)CC(=O)O2. The Labute approximate surface area is 107 Å². The van der Waals surface area contributed by atoms with Crippen molar-refractivity contribution in [1.29, 1.82) is 0 Å². The van der Waals surface area contributed by atoms with Crippen LogP contribution in [0, 0.1) is 5.92 Å². The molecule has 0 aromatic heterocycles. The second-order valence-corrected chi connectivity index (χ2v) is 5.07. The average Bonchev–Trinajstić information content (AvgIpc) is 2.39. The summed E-state index contributed by atoms with van der Waals surface area (Å²) in [5, 5.41) is 0. The van der Waals surface area contributed by atoms with Gasteiger partial charge in [-0.2, -0.15) is 0 Å².